The number of piperidine rings is 1. The Labute approximate surface area is 217 Å². The van der Waals surface area contributed by atoms with Crippen molar-refractivity contribution in [2.75, 3.05) is 38.7 Å². The molecule has 0 spiro atoms. The predicted molar refractivity (Wildman–Crippen MR) is 137 cm³/mol. The zero-order valence-corrected chi connectivity index (χ0v) is 21.7. The van der Waals surface area contributed by atoms with E-state index >= 15 is 13.2 Å². The summed E-state index contributed by atoms with van der Waals surface area (Å²) in [6.07, 6.45) is 1.93. The quantitative estimate of drug-likeness (QED) is 0.399. The van der Waals surface area contributed by atoms with Gasteiger partial charge in [0.15, 0.2) is 5.82 Å². The molecule has 1 unspecified atom stereocenters. The number of anilines is 1. The average Bonchev–Trinajstić information content (AvgIpc) is 3.39. The van der Waals surface area contributed by atoms with Gasteiger partial charge >= 0.3 is 0 Å². The van der Waals surface area contributed by atoms with Crippen LogP contribution in [0, 0.1) is 12.7 Å². The maximum atomic E-state index is 15.1. The summed E-state index contributed by atoms with van der Waals surface area (Å²) in [6, 6.07) is 4.14. The van der Waals surface area contributed by atoms with Crippen molar-refractivity contribution >= 4 is 22.5 Å². The third-order valence-corrected chi connectivity index (χ3v) is 7.49. The number of benzene rings is 1. The van der Waals surface area contributed by atoms with Crippen molar-refractivity contribution in [3.05, 3.63) is 36.0 Å². The van der Waals surface area contributed by atoms with E-state index in [0.29, 0.717) is 47.4 Å². The van der Waals surface area contributed by atoms with Gasteiger partial charge in [-0.25, -0.2) is 22.7 Å². The van der Waals surface area contributed by atoms with Crippen LogP contribution < -0.4 is 10.1 Å². The number of nitrogens with one attached hydrogen (secondary N) is 1. The highest BCUT2D eigenvalue weighted by Gasteiger charge is 2.47. The van der Waals surface area contributed by atoms with Crippen LogP contribution in [0.15, 0.2) is 24.4 Å². The summed E-state index contributed by atoms with van der Waals surface area (Å²) in [7, 11) is 1.46. The molecule has 2 aliphatic heterocycles. The molecule has 0 amide bonds. The molecule has 6 rings (SSSR count). The largest absolute Gasteiger partial charge is 0.479 e. The van der Waals surface area contributed by atoms with E-state index in [1.807, 2.05) is 31.4 Å². The molecule has 2 aliphatic rings. The SMILES string of the molecule is COc1nc(NC2CCN(C3COC3)CC2(F)F)nn2ccc(-c3cc(F)c4nc(C)n(C(C)C)c4c3)c12. The zero-order chi connectivity index (χ0) is 26.8. The van der Waals surface area contributed by atoms with Crippen LogP contribution in [-0.2, 0) is 4.74 Å². The number of hydrogen-bond donors (Lipinski definition) is 1. The first-order chi connectivity index (χ1) is 18.2. The highest BCUT2D eigenvalue weighted by atomic mass is 19.3. The van der Waals surface area contributed by atoms with E-state index in [1.54, 1.807) is 17.2 Å². The van der Waals surface area contributed by atoms with Gasteiger partial charge in [0.25, 0.3) is 5.92 Å². The van der Waals surface area contributed by atoms with Crippen molar-refractivity contribution in [2.24, 2.45) is 0 Å². The lowest BCUT2D eigenvalue weighted by Crippen LogP contribution is -2.61. The Balaban J connectivity index is 1.34. The number of rotatable bonds is 6. The summed E-state index contributed by atoms with van der Waals surface area (Å²) in [5.41, 5.74) is 2.78. The molecule has 2 fully saturated rings. The average molecular weight is 530 g/mol. The fourth-order valence-corrected chi connectivity index (χ4v) is 5.55. The fourth-order valence-electron chi connectivity index (χ4n) is 5.55. The summed E-state index contributed by atoms with van der Waals surface area (Å²) < 4.78 is 59.4. The number of ether oxygens (including phenoxy) is 2. The lowest BCUT2D eigenvalue weighted by Gasteiger charge is -2.44. The molecule has 2 saturated heterocycles. The fraction of sp³-hybridized carbons (Fsp3) is 0.500. The third kappa shape index (κ3) is 4.06. The zero-order valence-electron chi connectivity index (χ0n) is 21.7. The number of hydrogen-bond acceptors (Lipinski definition) is 7. The van der Waals surface area contributed by atoms with Gasteiger partial charge in [0.05, 0.1) is 44.5 Å². The van der Waals surface area contributed by atoms with Gasteiger partial charge in [-0.15, -0.1) is 5.10 Å². The third-order valence-electron chi connectivity index (χ3n) is 7.49. The molecular weight excluding hydrogens is 499 g/mol. The van der Waals surface area contributed by atoms with Gasteiger partial charge < -0.3 is 19.4 Å². The van der Waals surface area contributed by atoms with Crippen molar-refractivity contribution < 1.29 is 22.6 Å². The van der Waals surface area contributed by atoms with Gasteiger partial charge in [0.1, 0.15) is 16.9 Å². The van der Waals surface area contributed by atoms with Crippen LogP contribution in [-0.4, -0.2) is 80.5 Å². The van der Waals surface area contributed by atoms with E-state index < -0.39 is 17.8 Å². The smallest absolute Gasteiger partial charge is 0.280 e. The van der Waals surface area contributed by atoms with Crippen LogP contribution in [0.3, 0.4) is 0 Å². The minimum atomic E-state index is -2.97. The predicted octanol–water partition coefficient (Wildman–Crippen LogP) is 4.30. The second-order valence-electron chi connectivity index (χ2n) is 10.3. The molecule has 3 aromatic heterocycles. The van der Waals surface area contributed by atoms with E-state index in [9.17, 15) is 0 Å². The maximum Gasteiger partial charge on any atom is 0.280 e. The van der Waals surface area contributed by atoms with E-state index in [4.69, 9.17) is 9.47 Å². The molecule has 5 heterocycles. The maximum absolute atomic E-state index is 15.1. The van der Waals surface area contributed by atoms with E-state index in [0.717, 1.165) is 5.82 Å². The number of alkyl halides is 2. The van der Waals surface area contributed by atoms with E-state index in [1.165, 1.54) is 17.7 Å². The standard InChI is InChI=1S/C26H30F3N7O2/c1-14(2)36-15(3)30-22-19(27)9-16(10-20(22)36)18-5-8-35-23(18)24(37-4)32-25(33-35)31-21-6-7-34(13-26(21,28)29)17-11-38-12-17/h5,8-10,14,17,21H,6-7,11-13H2,1-4H3,(H,31,33). The van der Waals surface area contributed by atoms with Crippen molar-refractivity contribution in [2.45, 2.75) is 51.2 Å². The Hall–Kier alpha value is -3.38. The highest BCUT2D eigenvalue weighted by molar-refractivity contribution is 5.90. The molecule has 12 heteroatoms. The van der Waals surface area contributed by atoms with Crippen LogP contribution in [0.1, 0.15) is 32.1 Å². The monoisotopic (exact) mass is 529 g/mol. The second-order valence-corrected chi connectivity index (χ2v) is 10.3. The number of aryl methyl sites for hydroxylation is 1. The van der Waals surface area contributed by atoms with Gasteiger partial charge in [-0.2, -0.15) is 4.98 Å². The van der Waals surface area contributed by atoms with Crippen molar-refractivity contribution in [3.63, 3.8) is 0 Å². The molecule has 1 N–H and O–H groups in total. The molecule has 0 aliphatic carbocycles. The summed E-state index contributed by atoms with van der Waals surface area (Å²) in [4.78, 5) is 10.6. The minimum Gasteiger partial charge on any atom is -0.479 e. The Morgan fingerprint density at radius 2 is 2.00 bits per heavy atom. The van der Waals surface area contributed by atoms with Crippen LogP contribution in [0.5, 0.6) is 5.88 Å². The molecule has 0 radical (unpaired) electrons. The lowest BCUT2D eigenvalue weighted by molar-refractivity contribution is -0.131. The molecule has 0 saturated carbocycles. The number of halogens is 3. The van der Waals surface area contributed by atoms with Crippen LogP contribution in [0.25, 0.3) is 27.7 Å². The molecule has 202 valence electrons. The van der Waals surface area contributed by atoms with Gasteiger partial charge in [-0.1, -0.05) is 0 Å². The Morgan fingerprint density at radius 1 is 1.21 bits per heavy atom. The van der Waals surface area contributed by atoms with Gasteiger partial charge in [0.2, 0.25) is 11.8 Å². The topological polar surface area (TPSA) is 81.7 Å². The molecular formula is C26H30F3N7O2. The molecule has 0 bridgehead atoms. The number of likely N-dealkylation sites (tertiary alicyclic amines) is 1. The van der Waals surface area contributed by atoms with Gasteiger partial charge in [0, 0.05) is 24.3 Å². The Morgan fingerprint density at radius 3 is 2.66 bits per heavy atom. The number of methoxy groups -OCH3 is 1. The minimum absolute atomic E-state index is 0.0387. The van der Waals surface area contributed by atoms with Gasteiger partial charge in [-0.3, -0.25) is 4.90 Å². The van der Waals surface area contributed by atoms with E-state index in [-0.39, 0.29) is 36.9 Å². The van der Waals surface area contributed by atoms with Crippen LogP contribution in [0.4, 0.5) is 19.1 Å². The van der Waals surface area contributed by atoms with Crippen molar-refractivity contribution in [3.8, 4) is 17.0 Å². The first-order valence-electron chi connectivity index (χ1n) is 12.7. The molecule has 4 aromatic rings. The Kier molecular flexibility index (Phi) is 5.98. The van der Waals surface area contributed by atoms with Crippen LogP contribution in [0.2, 0.25) is 0 Å². The van der Waals surface area contributed by atoms with E-state index in [2.05, 4.69) is 20.4 Å². The molecule has 38 heavy (non-hydrogen) atoms. The van der Waals surface area contributed by atoms with Crippen molar-refractivity contribution in [1.29, 1.82) is 0 Å². The van der Waals surface area contributed by atoms with Crippen molar-refractivity contribution in [1.82, 2.24) is 29.0 Å². The first-order valence-corrected chi connectivity index (χ1v) is 12.7. The number of aromatic nitrogens is 5. The Bertz CT molecular complexity index is 1510. The summed E-state index contributed by atoms with van der Waals surface area (Å²) in [5, 5.41) is 7.28. The normalized spacial score (nSPS) is 20.4. The van der Waals surface area contributed by atoms with Crippen LogP contribution >= 0.6 is 0 Å². The summed E-state index contributed by atoms with van der Waals surface area (Å²) in [5.74, 6) is -2.43. The summed E-state index contributed by atoms with van der Waals surface area (Å²) in [6.45, 7) is 7.09. The second kappa shape index (κ2) is 9.12. The summed E-state index contributed by atoms with van der Waals surface area (Å²) >= 11 is 0. The molecule has 1 aromatic carbocycles. The number of fused-ring (bicyclic) bond motifs is 2. The highest BCUT2D eigenvalue weighted by Crippen LogP contribution is 2.36. The number of nitrogens with zero attached hydrogens (tertiary/aromatic N) is 6. The number of imidazole rings is 1. The van der Waals surface area contributed by atoms with Gasteiger partial charge in [-0.05, 0) is 51.0 Å². The molecule has 9 nitrogen and oxygen atoms in total. The molecule has 1 atom stereocenters. The first kappa shape index (κ1) is 24.9. The lowest BCUT2D eigenvalue weighted by atomic mass is 9.98.